The monoisotopic (exact) mass is 508 g/mol. The van der Waals surface area contributed by atoms with Gasteiger partial charge in [-0.3, -0.25) is 14.9 Å². The molecule has 4 aromatic carbocycles. The molecule has 2 amide bonds. The summed E-state index contributed by atoms with van der Waals surface area (Å²) in [6.07, 6.45) is 0. The van der Waals surface area contributed by atoms with Crippen molar-refractivity contribution >= 4 is 51.9 Å². The van der Waals surface area contributed by atoms with Crippen molar-refractivity contribution in [1.29, 1.82) is 0 Å². The van der Waals surface area contributed by atoms with Gasteiger partial charge in [0.25, 0.3) is 11.8 Å². The van der Waals surface area contributed by atoms with E-state index in [2.05, 4.69) is 35.1 Å². The number of para-hydroxylation sites is 2. The first-order chi connectivity index (χ1) is 17.9. The Balaban J connectivity index is 1.37. The first-order valence-corrected chi connectivity index (χ1v) is 12.3. The standard InChI is InChI=1S/C30H28N4O2S/c1-20(2)21-12-14-22(15-13-21)28(35)34-30(37)33-27-11-7-6-10-26(27)29(36)32-25-18-16-24(17-19-25)31-23-8-4-3-5-9-23/h3-20,31H,1-2H3,(H,32,36)(H2,33,34,35,37). The summed E-state index contributed by atoms with van der Waals surface area (Å²) >= 11 is 5.34. The van der Waals surface area contributed by atoms with Gasteiger partial charge >= 0.3 is 0 Å². The van der Waals surface area contributed by atoms with Crippen molar-refractivity contribution < 1.29 is 9.59 Å². The zero-order valence-electron chi connectivity index (χ0n) is 20.6. The molecule has 0 saturated heterocycles. The molecule has 0 spiro atoms. The lowest BCUT2D eigenvalue weighted by Gasteiger charge is -2.14. The number of amides is 2. The van der Waals surface area contributed by atoms with Gasteiger partial charge in [0.05, 0.1) is 11.3 Å². The highest BCUT2D eigenvalue weighted by Crippen LogP contribution is 2.21. The minimum atomic E-state index is -0.320. The van der Waals surface area contributed by atoms with E-state index in [0.29, 0.717) is 28.4 Å². The molecule has 0 aliphatic carbocycles. The minimum Gasteiger partial charge on any atom is -0.356 e. The zero-order valence-corrected chi connectivity index (χ0v) is 21.4. The van der Waals surface area contributed by atoms with Crippen LogP contribution in [-0.4, -0.2) is 16.9 Å². The van der Waals surface area contributed by atoms with Crippen LogP contribution in [-0.2, 0) is 0 Å². The van der Waals surface area contributed by atoms with E-state index in [-0.39, 0.29) is 16.9 Å². The molecular weight excluding hydrogens is 480 g/mol. The van der Waals surface area contributed by atoms with Crippen molar-refractivity contribution in [3.8, 4) is 0 Å². The van der Waals surface area contributed by atoms with Crippen LogP contribution in [0.2, 0.25) is 0 Å². The summed E-state index contributed by atoms with van der Waals surface area (Å²) in [4.78, 5) is 25.6. The van der Waals surface area contributed by atoms with E-state index in [1.165, 1.54) is 0 Å². The van der Waals surface area contributed by atoms with Gasteiger partial charge in [-0.15, -0.1) is 0 Å². The third kappa shape index (κ3) is 7.02. The van der Waals surface area contributed by atoms with Gasteiger partial charge in [0.15, 0.2) is 5.11 Å². The van der Waals surface area contributed by atoms with Crippen LogP contribution in [0.4, 0.5) is 22.7 Å². The largest absolute Gasteiger partial charge is 0.356 e. The maximum absolute atomic E-state index is 13.0. The fourth-order valence-corrected chi connectivity index (χ4v) is 3.86. The summed E-state index contributed by atoms with van der Waals surface area (Å²) in [7, 11) is 0. The molecule has 4 N–H and O–H groups in total. The first-order valence-electron chi connectivity index (χ1n) is 11.9. The second kappa shape index (κ2) is 12.0. The Labute approximate surface area is 222 Å². The van der Waals surface area contributed by atoms with Gasteiger partial charge in [0.2, 0.25) is 0 Å². The molecule has 0 aliphatic rings. The fraction of sp³-hybridized carbons (Fsp3) is 0.100. The predicted octanol–water partition coefficient (Wildman–Crippen LogP) is 6.93. The molecule has 0 saturated carbocycles. The summed E-state index contributed by atoms with van der Waals surface area (Å²) in [5.41, 5.74) is 5.08. The molecule has 0 fully saturated rings. The molecule has 0 aliphatic heterocycles. The number of thiocarbonyl (C=S) groups is 1. The Morgan fingerprint density at radius 2 is 1.24 bits per heavy atom. The minimum absolute atomic E-state index is 0.106. The molecule has 4 rings (SSSR count). The van der Waals surface area contributed by atoms with Crippen LogP contribution in [0, 0.1) is 0 Å². The SMILES string of the molecule is CC(C)c1ccc(C(=O)NC(=S)Nc2ccccc2C(=O)Nc2ccc(Nc3ccccc3)cc2)cc1. The highest BCUT2D eigenvalue weighted by Gasteiger charge is 2.14. The molecule has 6 nitrogen and oxygen atoms in total. The van der Waals surface area contributed by atoms with Crippen LogP contribution >= 0.6 is 12.2 Å². The molecule has 4 aromatic rings. The Morgan fingerprint density at radius 1 is 0.649 bits per heavy atom. The van der Waals surface area contributed by atoms with E-state index in [1.807, 2.05) is 66.7 Å². The van der Waals surface area contributed by atoms with E-state index in [1.54, 1.807) is 36.4 Å². The molecule has 186 valence electrons. The second-order valence-electron chi connectivity index (χ2n) is 8.75. The second-order valence-corrected chi connectivity index (χ2v) is 9.16. The van der Waals surface area contributed by atoms with Crippen molar-refractivity contribution in [2.24, 2.45) is 0 Å². The average Bonchev–Trinajstić information content (AvgIpc) is 2.90. The number of benzene rings is 4. The van der Waals surface area contributed by atoms with Crippen molar-refractivity contribution in [2.75, 3.05) is 16.0 Å². The third-order valence-corrected chi connectivity index (χ3v) is 5.90. The van der Waals surface area contributed by atoms with Crippen LogP contribution < -0.4 is 21.3 Å². The summed E-state index contributed by atoms with van der Waals surface area (Å²) in [5, 5.41) is 12.0. The van der Waals surface area contributed by atoms with E-state index in [0.717, 1.165) is 16.9 Å². The van der Waals surface area contributed by atoms with Crippen molar-refractivity contribution in [3.63, 3.8) is 0 Å². The molecule has 7 heteroatoms. The van der Waals surface area contributed by atoms with E-state index in [4.69, 9.17) is 12.2 Å². The van der Waals surface area contributed by atoms with E-state index < -0.39 is 0 Å². The molecule has 0 bridgehead atoms. The van der Waals surface area contributed by atoms with Crippen molar-refractivity contribution in [3.05, 3.63) is 120 Å². The Bertz CT molecular complexity index is 1390. The van der Waals surface area contributed by atoms with E-state index >= 15 is 0 Å². The Hall–Kier alpha value is -4.49. The predicted molar refractivity (Wildman–Crippen MR) is 155 cm³/mol. The Morgan fingerprint density at radius 3 is 1.92 bits per heavy atom. The lowest BCUT2D eigenvalue weighted by molar-refractivity contribution is 0.0976. The third-order valence-electron chi connectivity index (χ3n) is 5.69. The normalized spacial score (nSPS) is 10.5. The summed E-state index contributed by atoms with van der Waals surface area (Å²) in [5.74, 6) is -0.240. The number of hydrogen-bond acceptors (Lipinski definition) is 4. The van der Waals surface area contributed by atoms with Gasteiger partial charge in [-0.1, -0.05) is 56.3 Å². The number of nitrogens with one attached hydrogen (secondary N) is 4. The number of carbonyl (C=O) groups excluding carboxylic acids is 2. The van der Waals surface area contributed by atoms with Gasteiger partial charge < -0.3 is 16.0 Å². The van der Waals surface area contributed by atoms with Gasteiger partial charge in [-0.25, -0.2) is 0 Å². The average molecular weight is 509 g/mol. The number of anilines is 4. The molecular formula is C30H28N4O2S. The highest BCUT2D eigenvalue weighted by atomic mass is 32.1. The fourth-order valence-electron chi connectivity index (χ4n) is 3.66. The maximum Gasteiger partial charge on any atom is 0.257 e. The Kier molecular flexibility index (Phi) is 8.28. The quantitative estimate of drug-likeness (QED) is 0.204. The number of rotatable bonds is 7. The highest BCUT2D eigenvalue weighted by molar-refractivity contribution is 7.80. The van der Waals surface area contributed by atoms with Gasteiger partial charge in [-0.05, 0) is 84.4 Å². The molecule has 0 heterocycles. The van der Waals surface area contributed by atoms with Crippen LogP contribution in [0.25, 0.3) is 0 Å². The molecule has 0 aromatic heterocycles. The van der Waals surface area contributed by atoms with E-state index in [9.17, 15) is 9.59 Å². The molecule has 0 radical (unpaired) electrons. The maximum atomic E-state index is 13.0. The zero-order chi connectivity index (χ0) is 26.2. The van der Waals surface area contributed by atoms with Crippen LogP contribution in [0.1, 0.15) is 46.0 Å². The van der Waals surface area contributed by atoms with Crippen molar-refractivity contribution in [2.45, 2.75) is 19.8 Å². The lowest BCUT2D eigenvalue weighted by atomic mass is 10.0. The number of carbonyl (C=O) groups is 2. The topological polar surface area (TPSA) is 82.3 Å². The van der Waals surface area contributed by atoms with Gasteiger partial charge in [-0.2, -0.15) is 0 Å². The summed E-state index contributed by atoms with van der Waals surface area (Å²) < 4.78 is 0. The molecule has 0 atom stereocenters. The van der Waals surface area contributed by atoms with Crippen LogP contribution in [0.5, 0.6) is 0 Å². The van der Waals surface area contributed by atoms with Crippen LogP contribution in [0.15, 0.2) is 103 Å². The first kappa shape index (κ1) is 25.6. The number of hydrogen-bond donors (Lipinski definition) is 4. The van der Waals surface area contributed by atoms with Gasteiger partial charge in [0.1, 0.15) is 0 Å². The summed E-state index contributed by atoms with van der Waals surface area (Å²) in [6.45, 7) is 4.19. The summed E-state index contributed by atoms with van der Waals surface area (Å²) in [6, 6.07) is 31.7. The van der Waals surface area contributed by atoms with Gasteiger partial charge in [0, 0.05) is 22.6 Å². The van der Waals surface area contributed by atoms with Crippen molar-refractivity contribution in [1.82, 2.24) is 5.32 Å². The van der Waals surface area contributed by atoms with Crippen LogP contribution in [0.3, 0.4) is 0 Å². The smallest absolute Gasteiger partial charge is 0.257 e. The molecule has 37 heavy (non-hydrogen) atoms. The molecule has 0 unspecified atom stereocenters. The lowest BCUT2D eigenvalue weighted by Crippen LogP contribution is -2.34.